The molecule has 0 N–H and O–H groups in total. The number of fused-ring (bicyclic) bond motifs is 15. The Morgan fingerprint density at radius 2 is 0.969 bits per heavy atom. The second-order valence-electron chi connectivity index (χ2n) is 19.5. The summed E-state index contributed by atoms with van der Waals surface area (Å²) in [5, 5.41) is 2.61. The Bertz CT molecular complexity index is 3660. The molecule has 0 amide bonds. The minimum Gasteiger partial charge on any atom is -0.458 e. The maximum atomic E-state index is 6.97. The topological polar surface area (TPSA) is 23.4 Å². The molecular weight excluding hydrogens is 788 g/mol. The minimum absolute atomic E-state index is 0.139. The molecule has 1 aromatic heterocycles. The van der Waals surface area contributed by atoms with Crippen molar-refractivity contribution < 1.29 is 9.47 Å². The monoisotopic (exact) mass is 829 g/mol. The van der Waals surface area contributed by atoms with Crippen LogP contribution >= 0.6 is 0 Å². The molecule has 0 radical (unpaired) electrons. The highest BCUT2D eigenvalue weighted by Crippen LogP contribution is 2.56. The average molecular weight is 830 g/mol. The zero-order valence-electron chi connectivity index (χ0n) is 36.5. The van der Waals surface area contributed by atoms with E-state index in [4.69, 9.17) is 9.47 Å². The van der Waals surface area contributed by atoms with Gasteiger partial charge in [-0.05, 0) is 121 Å². The predicted molar refractivity (Wildman–Crippen MR) is 270 cm³/mol. The summed E-state index contributed by atoms with van der Waals surface area (Å²) in [6.07, 6.45) is 1.75. The van der Waals surface area contributed by atoms with E-state index < -0.39 is 0 Å². The fourth-order valence-electron chi connectivity index (χ4n) is 13.2. The molecule has 304 valence electrons. The van der Waals surface area contributed by atoms with Gasteiger partial charge in [0.1, 0.15) is 23.0 Å². The lowest BCUT2D eigenvalue weighted by Crippen LogP contribution is -2.59. The molecule has 1 aliphatic carbocycles. The molecule has 65 heavy (non-hydrogen) atoms. The third kappa shape index (κ3) is 4.68. The number of aryl methyl sites for hydroxylation is 1. The first-order valence-electron chi connectivity index (χ1n) is 23.1. The van der Waals surface area contributed by atoms with Crippen LogP contribution in [-0.2, 0) is 25.3 Å². The zero-order valence-corrected chi connectivity index (χ0v) is 36.5. The van der Waals surface area contributed by atoms with Gasteiger partial charge in [-0.15, -0.1) is 0 Å². The van der Waals surface area contributed by atoms with Crippen molar-refractivity contribution in [2.45, 2.75) is 32.1 Å². The number of hydrogen-bond donors (Lipinski definition) is 0. The summed E-state index contributed by atoms with van der Waals surface area (Å²) in [5.41, 5.74) is 25.8. The van der Waals surface area contributed by atoms with Crippen molar-refractivity contribution in [3.8, 4) is 56.4 Å². The molecule has 4 aliphatic heterocycles. The summed E-state index contributed by atoms with van der Waals surface area (Å²) in [5.74, 6) is 3.82. The van der Waals surface area contributed by atoms with E-state index in [1.165, 1.54) is 121 Å². The van der Waals surface area contributed by atoms with Crippen LogP contribution in [0.2, 0.25) is 0 Å². The smallest absolute Gasteiger partial charge is 0.251 e. The third-order valence-electron chi connectivity index (χ3n) is 15.8. The van der Waals surface area contributed by atoms with Crippen LogP contribution in [0.15, 0.2) is 170 Å². The molecule has 10 aromatic rings. The first-order chi connectivity index (χ1) is 31.9. The zero-order chi connectivity index (χ0) is 42.9. The van der Waals surface area contributed by atoms with Crippen LogP contribution in [0.3, 0.4) is 0 Å². The minimum atomic E-state index is -0.210. The molecule has 0 spiro atoms. The van der Waals surface area contributed by atoms with Gasteiger partial charge < -0.3 is 14.0 Å². The molecule has 0 bridgehead atoms. The lowest BCUT2D eigenvalue weighted by molar-refractivity contribution is 0.487. The second kappa shape index (κ2) is 12.6. The van der Waals surface area contributed by atoms with E-state index in [-0.39, 0.29) is 18.8 Å². The van der Waals surface area contributed by atoms with E-state index in [1.807, 2.05) is 0 Å². The molecule has 0 saturated carbocycles. The molecular formula is C60H41B2NO2. The average Bonchev–Trinajstić information content (AvgIpc) is 3.76. The summed E-state index contributed by atoms with van der Waals surface area (Å²) in [6.45, 7) is 5.13. The summed E-state index contributed by atoms with van der Waals surface area (Å²) in [4.78, 5) is 0. The molecule has 5 heteroatoms. The highest BCUT2D eigenvalue weighted by atomic mass is 16.5. The van der Waals surface area contributed by atoms with Gasteiger partial charge in [0.2, 0.25) is 0 Å². The lowest BCUT2D eigenvalue weighted by atomic mass is 9.32. The van der Waals surface area contributed by atoms with Crippen LogP contribution in [0.25, 0.3) is 55.2 Å². The molecule has 3 nitrogen and oxygen atoms in total. The Kier molecular flexibility index (Phi) is 6.97. The van der Waals surface area contributed by atoms with Crippen molar-refractivity contribution in [2.75, 3.05) is 0 Å². The SMILES string of the molecule is Cn1c2c(-c3cc4c5c(c3)Oc3ccccc3B5c3ccccc3C4)cccc2c2c3c(cc(-c4cc5c6c(c4)Oc4ccccc4B6c4ccccc4C5)c21)-c1ccccc1C3(C)C. The summed E-state index contributed by atoms with van der Waals surface area (Å²) in [7, 11) is 2.29. The Labute approximate surface area is 379 Å². The van der Waals surface area contributed by atoms with Gasteiger partial charge in [-0.1, -0.05) is 164 Å². The molecule has 15 rings (SSSR count). The number of hydrogen-bond acceptors (Lipinski definition) is 2. The number of rotatable bonds is 2. The van der Waals surface area contributed by atoms with Gasteiger partial charge in [0.25, 0.3) is 13.4 Å². The van der Waals surface area contributed by atoms with Gasteiger partial charge in [-0.25, -0.2) is 0 Å². The standard InChI is InChI=1S/C60H41B2NO2/c1-60(2)45-20-7-6-17-41(45)44-33-43(37-30-39-28-35-16-5-9-22-47(35)62-49-24-11-13-26-51(49)65-53(32-37)57(39)62)59-54(55(44)60)42-19-14-18-40(58(42)63(59)3)36-29-38-27-34-15-4-8-21-46(34)61-48-23-10-12-25-50(48)64-52(31-36)56(38)61/h4-26,29-33H,27-28H2,1-3H3. The largest absolute Gasteiger partial charge is 0.458 e. The quantitative estimate of drug-likeness (QED) is 0.162. The number of nitrogens with zero attached hydrogens (tertiary/aromatic N) is 1. The van der Waals surface area contributed by atoms with E-state index >= 15 is 0 Å². The fraction of sp³-hybridized carbons (Fsp3) is 0.100. The number of para-hydroxylation sites is 3. The third-order valence-corrected chi connectivity index (χ3v) is 15.8. The van der Waals surface area contributed by atoms with E-state index in [9.17, 15) is 0 Å². The van der Waals surface area contributed by atoms with E-state index in [0.29, 0.717) is 0 Å². The van der Waals surface area contributed by atoms with Gasteiger partial charge in [-0.2, -0.15) is 0 Å². The van der Waals surface area contributed by atoms with Crippen molar-refractivity contribution in [3.05, 3.63) is 203 Å². The Morgan fingerprint density at radius 1 is 0.446 bits per heavy atom. The van der Waals surface area contributed by atoms with Gasteiger partial charge in [-0.3, -0.25) is 0 Å². The molecule has 0 fully saturated rings. The summed E-state index contributed by atoms with van der Waals surface area (Å²) < 4.78 is 16.4. The lowest BCUT2D eigenvalue weighted by Gasteiger charge is -2.34. The Balaban J connectivity index is 1.00. The molecule has 0 atom stereocenters. The highest BCUT2D eigenvalue weighted by molar-refractivity contribution is 6.98. The predicted octanol–water partition coefficient (Wildman–Crippen LogP) is 10.0. The van der Waals surface area contributed by atoms with Crippen molar-refractivity contribution in [1.29, 1.82) is 0 Å². The van der Waals surface area contributed by atoms with Crippen LogP contribution < -0.4 is 42.3 Å². The number of aromatic nitrogens is 1. The Morgan fingerprint density at radius 3 is 1.60 bits per heavy atom. The molecule has 5 aliphatic rings. The molecule has 9 aromatic carbocycles. The molecule has 0 unspecified atom stereocenters. The van der Waals surface area contributed by atoms with Crippen LogP contribution in [-0.4, -0.2) is 18.0 Å². The molecule has 5 heterocycles. The molecule has 0 saturated heterocycles. The Hall–Kier alpha value is -7.49. The fourth-order valence-corrected chi connectivity index (χ4v) is 13.2. The van der Waals surface area contributed by atoms with Crippen molar-refractivity contribution in [2.24, 2.45) is 7.05 Å². The second-order valence-corrected chi connectivity index (χ2v) is 19.5. The maximum absolute atomic E-state index is 6.97. The van der Waals surface area contributed by atoms with Gasteiger partial charge >= 0.3 is 0 Å². The first kappa shape index (κ1) is 35.9. The van der Waals surface area contributed by atoms with E-state index in [0.717, 1.165) is 35.8 Å². The van der Waals surface area contributed by atoms with E-state index in [2.05, 4.69) is 195 Å². The van der Waals surface area contributed by atoms with Crippen LogP contribution in [0.4, 0.5) is 0 Å². The van der Waals surface area contributed by atoms with Crippen LogP contribution in [0.5, 0.6) is 23.0 Å². The van der Waals surface area contributed by atoms with Crippen molar-refractivity contribution in [1.82, 2.24) is 4.57 Å². The van der Waals surface area contributed by atoms with Crippen molar-refractivity contribution in [3.63, 3.8) is 0 Å². The summed E-state index contributed by atoms with van der Waals surface area (Å²) >= 11 is 0. The van der Waals surface area contributed by atoms with Gasteiger partial charge in [0.05, 0.1) is 11.0 Å². The van der Waals surface area contributed by atoms with Gasteiger partial charge in [0, 0.05) is 34.4 Å². The first-order valence-corrected chi connectivity index (χ1v) is 23.1. The number of ether oxygens (including phenoxy) is 2. The number of benzene rings is 9. The van der Waals surface area contributed by atoms with Crippen LogP contribution in [0, 0.1) is 0 Å². The summed E-state index contributed by atoms with van der Waals surface area (Å²) in [6, 6.07) is 63.4. The van der Waals surface area contributed by atoms with E-state index in [1.54, 1.807) is 0 Å². The van der Waals surface area contributed by atoms with Gasteiger partial charge in [0.15, 0.2) is 0 Å². The van der Waals surface area contributed by atoms with Crippen molar-refractivity contribution >= 4 is 68.0 Å². The maximum Gasteiger partial charge on any atom is 0.251 e. The normalized spacial score (nSPS) is 14.9. The van der Waals surface area contributed by atoms with Crippen LogP contribution in [0.1, 0.15) is 47.2 Å². The highest BCUT2D eigenvalue weighted by Gasteiger charge is 2.42.